The lowest BCUT2D eigenvalue weighted by Gasteiger charge is -2.57. The minimum Gasteiger partial charge on any atom is -0.373 e. The highest BCUT2D eigenvalue weighted by Crippen LogP contribution is 2.75. The standard InChI is InChI=1S/C23H36O/c1-13-3-5-16-14(9-13)4-6-18-17(16)7-8-23(2)21(10-15-12-24-15)19-11-20(19)22(18)23/h13-22H,3-12H2,1-2H3/t13?,14?,15?,16?,17?,18?,19-,20+,21?,22?,23?/m0/s1. The number of rotatable bonds is 2. The van der Waals surface area contributed by atoms with Gasteiger partial charge in [-0.1, -0.05) is 20.3 Å². The van der Waals surface area contributed by atoms with Gasteiger partial charge in [-0.25, -0.2) is 0 Å². The van der Waals surface area contributed by atoms with Gasteiger partial charge in [0.05, 0.1) is 12.7 Å². The molecule has 5 aliphatic carbocycles. The molecular weight excluding hydrogens is 292 g/mol. The average Bonchev–Trinajstić information content (AvgIpc) is 3.46. The summed E-state index contributed by atoms with van der Waals surface area (Å²) in [5.41, 5.74) is 0.690. The van der Waals surface area contributed by atoms with Gasteiger partial charge in [0.25, 0.3) is 0 Å². The fourth-order valence-electron chi connectivity index (χ4n) is 9.13. The molecule has 11 atom stereocenters. The zero-order chi connectivity index (χ0) is 16.1. The molecule has 0 spiro atoms. The summed E-state index contributed by atoms with van der Waals surface area (Å²) in [4.78, 5) is 0. The predicted octanol–water partition coefficient (Wildman–Crippen LogP) is 5.54. The van der Waals surface area contributed by atoms with Gasteiger partial charge in [-0.2, -0.15) is 0 Å². The van der Waals surface area contributed by atoms with Crippen molar-refractivity contribution < 1.29 is 4.74 Å². The average molecular weight is 329 g/mol. The van der Waals surface area contributed by atoms with Crippen molar-refractivity contribution in [3.8, 4) is 0 Å². The molecule has 1 saturated heterocycles. The van der Waals surface area contributed by atoms with Crippen molar-refractivity contribution in [3.63, 3.8) is 0 Å². The number of fused-ring (bicyclic) bond motifs is 7. The summed E-state index contributed by atoms with van der Waals surface area (Å²) in [6, 6.07) is 0. The number of hydrogen-bond donors (Lipinski definition) is 0. The van der Waals surface area contributed by atoms with Crippen LogP contribution in [0.2, 0.25) is 0 Å². The second-order valence-corrected chi connectivity index (χ2v) is 11.2. The highest BCUT2D eigenvalue weighted by molar-refractivity contribution is 5.17. The number of epoxide rings is 1. The van der Waals surface area contributed by atoms with Crippen molar-refractivity contribution >= 4 is 0 Å². The molecule has 134 valence electrons. The molecule has 6 rings (SSSR count). The first kappa shape index (κ1) is 15.1. The highest BCUT2D eigenvalue weighted by atomic mass is 16.6. The van der Waals surface area contributed by atoms with Crippen LogP contribution in [0.4, 0.5) is 0 Å². The molecule has 0 amide bonds. The van der Waals surface area contributed by atoms with E-state index < -0.39 is 0 Å². The van der Waals surface area contributed by atoms with Gasteiger partial charge >= 0.3 is 0 Å². The van der Waals surface area contributed by atoms with Gasteiger partial charge in [0.1, 0.15) is 0 Å². The molecule has 1 heteroatoms. The summed E-state index contributed by atoms with van der Waals surface area (Å²) in [5.74, 6) is 9.82. The zero-order valence-electron chi connectivity index (χ0n) is 15.8. The summed E-state index contributed by atoms with van der Waals surface area (Å²) in [5, 5.41) is 0. The normalized spacial score (nSPS) is 63.8. The Balaban J connectivity index is 1.27. The molecule has 1 aliphatic heterocycles. The van der Waals surface area contributed by atoms with E-state index in [1.165, 1.54) is 12.8 Å². The molecule has 1 heterocycles. The van der Waals surface area contributed by atoms with E-state index in [1.807, 2.05) is 0 Å². The third-order valence-electron chi connectivity index (χ3n) is 10.1. The van der Waals surface area contributed by atoms with Crippen molar-refractivity contribution in [1.29, 1.82) is 0 Å². The Morgan fingerprint density at radius 3 is 2.54 bits per heavy atom. The fourth-order valence-corrected chi connectivity index (χ4v) is 9.13. The highest BCUT2D eigenvalue weighted by Gasteiger charge is 2.69. The fraction of sp³-hybridized carbons (Fsp3) is 1.00. The Hall–Kier alpha value is -0.0400. The minimum atomic E-state index is 0.653. The van der Waals surface area contributed by atoms with Crippen LogP contribution >= 0.6 is 0 Å². The number of hydrogen-bond acceptors (Lipinski definition) is 1. The van der Waals surface area contributed by atoms with Gasteiger partial charge in [0.2, 0.25) is 0 Å². The monoisotopic (exact) mass is 328 g/mol. The van der Waals surface area contributed by atoms with E-state index in [0.29, 0.717) is 11.5 Å². The maximum absolute atomic E-state index is 5.65. The molecule has 0 bridgehead atoms. The van der Waals surface area contributed by atoms with Crippen LogP contribution in [0, 0.1) is 58.7 Å². The molecule has 5 saturated carbocycles. The summed E-state index contributed by atoms with van der Waals surface area (Å²) in [6.45, 7) is 6.31. The summed E-state index contributed by atoms with van der Waals surface area (Å²) >= 11 is 0. The van der Waals surface area contributed by atoms with Crippen LogP contribution in [0.5, 0.6) is 0 Å². The number of ether oxygens (including phenoxy) is 1. The Labute approximate surface area is 148 Å². The smallest absolute Gasteiger partial charge is 0.0812 e. The lowest BCUT2D eigenvalue weighted by Crippen LogP contribution is -2.50. The molecule has 1 nitrogen and oxygen atoms in total. The Morgan fingerprint density at radius 2 is 1.71 bits per heavy atom. The third kappa shape index (κ3) is 2.03. The molecule has 6 fully saturated rings. The first-order chi connectivity index (χ1) is 11.6. The maximum Gasteiger partial charge on any atom is 0.0812 e. The molecular formula is C23H36O. The van der Waals surface area contributed by atoms with Crippen LogP contribution in [0.25, 0.3) is 0 Å². The zero-order valence-corrected chi connectivity index (χ0v) is 15.8. The van der Waals surface area contributed by atoms with Crippen LogP contribution in [0.15, 0.2) is 0 Å². The van der Waals surface area contributed by atoms with Crippen LogP contribution < -0.4 is 0 Å². The van der Waals surface area contributed by atoms with E-state index in [2.05, 4.69) is 13.8 Å². The van der Waals surface area contributed by atoms with Crippen LogP contribution in [0.3, 0.4) is 0 Å². The Morgan fingerprint density at radius 1 is 0.875 bits per heavy atom. The van der Waals surface area contributed by atoms with Gasteiger partial charge < -0.3 is 4.74 Å². The van der Waals surface area contributed by atoms with Gasteiger partial charge in [-0.05, 0) is 110 Å². The first-order valence-corrected chi connectivity index (χ1v) is 11.3. The van der Waals surface area contributed by atoms with Crippen molar-refractivity contribution in [1.82, 2.24) is 0 Å². The van der Waals surface area contributed by atoms with Gasteiger partial charge in [0.15, 0.2) is 0 Å². The van der Waals surface area contributed by atoms with Gasteiger partial charge in [-0.15, -0.1) is 0 Å². The molecule has 0 aromatic rings. The second kappa shape index (κ2) is 5.02. The van der Waals surface area contributed by atoms with Crippen molar-refractivity contribution in [2.45, 2.75) is 77.7 Å². The third-order valence-corrected chi connectivity index (χ3v) is 10.1. The summed E-state index contributed by atoms with van der Waals surface area (Å²) in [7, 11) is 0. The quantitative estimate of drug-likeness (QED) is 0.607. The molecule has 24 heavy (non-hydrogen) atoms. The second-order valence-electron chi connectivity index (χ2n) is 11.2. The molecule has 0 aromatic heterocycles. The minimum absolute atomic E-state index is 0.653. The Bertz CT molecular complexity index is 524. The summed E-state index contributed by atoms with van der Waals surface area (Å²) in [6.07, 6.45) is 14.6. The largest absolute Gasteiger partial charge is 0.373 e. The Kier molecular flexibility index (Phi) is 3.15. The topological polar surface area (TPSA) is 12.5 Å². The molecule has 0 radical (unpaired) electrons. The lowest BCUT2D eigenvalue weighted by molar-refractivity contribution is -0.0811. The SMILES string of the molecule is CC1CCC2C(CCC3C2CCC2(C)C(CC4CO4)[C@H]4C[C@H]4C32)C1. The first-order valence-electron chi connectivity index (χ1n) is 11.3. The van der Waals surface area contributed by atoms with Crippen molar-refractivity contribution in [3.05, 3.63) is 0 Å². The van der Waals surface area contributed by atoms with E-state index in [0.717, 1.165) is 59.9 Å². The van der Waals surface area contributed by atoms with E-state index in [-0.39, 0.29) is 0 Å². The van der Waals surface area contributed by atoms with Crippen LogP contribution in [0.1, 0.15) is 71.6 Å². The van der Waals surface area contributed by atoms with E-state index in [4.69, 9.17) is 4.74 Å². The molecule has 0 aromatic carbocycles. The van der Waals surface area contributed by atoms with Crippen molar-refractivity contribution in [2.75, 3.05) is 6.61 Å². The molecule has 0 N–H and O–H groups in total. The molecule has 9 unspecified atom stereocenters. The maximum atomic E-state index is 5.65. The van der Waals surface area contributed by atoms with Gasteiger partial charge in [-0.3, -0.25) is 0 Å². The van der Waals surface area contributed by atoms with Crippen LogP contribution in [-0.2, 0) is 4.74 Å². The predicted molar refractivity (Wildman–Crippen MR) is 96.5 cm³/mol. The lowest BCUT2D eigenvalue weighted by atomic mass is 9.48. The summed E-state index contributed by atoms with van der Waals surface area (Å²) < 4.78 is 5.65. The van der Waals surface area contributed by atoms with E-state index >= 15 is 0 Å². The van der Waals surface area contributed by atoms with E-state index in [1.54, 1.807) is 44.9 Å². The van der Waals surface area contributed by atoms with Crippen molar-refractivity contribution in [2.24, 2.45) is 58.7 Å². The van der Waals surface area contributed by atoms with Crippen LogP contribution in [-0.4, -0.2) is 12.7 Å². The van der Waals surface area contributed by atoms with Gasteiger partial charge in [0, 0.05) is 0 Å². The van der Waals surface area contributed by atoms with E-state index in [9.17, 15) is 0 Å². The molecule has 6 aliphatic rings.